The summed E-state index contributed by atoms with van der Waals surface area (Å²) in [6.45, 7) is 0.811. The molecule has 2 aromatic carbocycles. The standard InChI is InChI=1S/C16H16Br2FN/c1-20-10-13(11-3-2-4-14(17)8-11)7-12-5-6-15(18)9-16(12)19/h2-6,8-9,13,20H,7,10H2,1H3. The molecule has 0 spiro atoms. The quantitative estimate of drug-likeness (QED) is 0.752. The van der Waals surface area contributed by atoms with Gasteiger partial charge in [0.2, 0.25) is 0 Å². The largest absolute Gasteiger partial charge is 0.319 e. The molecule has 1 nitrogen and oxygen atoms in total. The molecule has 0 saturated carbocycles. The molecule has 4 heteroatoms. The molecule has 0 aromatic heterocycles. The lowest BCUT2D eigenvalue weighted by atomic mass is 9.92. The van der Waals surface area contributed by atoms with E-state index in [2.05, 4.69) is 49.3 Å². The van der Waals surface area contributed by atoms with Crippen LogP contribution in [0, 0.1) is 5.82 Å². The van der Waals surface area contributed by atoms with Gasteiger partial charge in [-0.3, -0.25) is 0 Å². The summed E-state index contributed by atoms with van der Waals surface area (Å²) in [5, 5.41) is 3.19. The minimum Gasteiger partial charge on any atom is -0.319 e. The summed E-state index contributed by atoms with van der Waals surface area (Å²) in [5.41, 5.74) is 1.95. The molecule has 1 unspecified atom stereocenters. The molecule has 0 fully saturated rings. The minimum absolute atomic E-state index is 0.157. The highest BCUT2D eigenvalue weighted by Crippen LogP contribution is 2.25. The summed E-state index contributed by atoms with van der Waals surface area (Å²) in [7, 11) is 1.92. The first-order chi connectivity index (χ1) is 9.60. The number of hydrogen-bond acceptors (Lipinski definition) is 1. The average molecular weight is 401 g/mol. The second-order valence-electron chi connectivity index (χ2n) is 4.75. The van der Waals surface area contributed by atoms with E-state index in [1.54, 1.807) is 0 Å². The van der Waals surface area contributed by atoms with Crippen molar-refractivity contribution in [1.29, 1.82) is 0 Å². The average Bonchev–Trinajstić information content (AvgIpc) is 2.41. The van der Waals surface area contributed by atoms with Gasteiger partial charge >= 0.3 is 0 Å². The Morgan fingerprint density at radius 3 is 2.50 bits per heavy atom. The zero-order valence-corrected chi connectivity index (χ0v) is 14.3. The van der Waals surface area contributed by atoms with Crippen LogP contribution in [0.25, 0.3) is 0 Å². The smallest absolute Gasteiger partial charge is 0.127 e. The topological polar surface area (TPSA) is 12.0 Å². The van der Waals surface area contributed by atoms with E-state index in [-0.39, 0.29) is 11.7 Å². The summed E-state index contributed by atoms with van der Waals surface area (Å²) in [5.74, 6) is 0.0867. The molecule has 0 aliphatic carbocycles. The van der Waals surface area contributed by atoms with Gasteiger partial charge in [0.15, 0.2) is 0 Å². The van der Waals surface area contributed by atoms with Crippen LogP contribution in [0.4, 0.5) is 4.39 Å². The van der Waals surface area contributed by atoms with Crippen LogP contribution in [-0.2, 0) is 6.42 Å². The second-order valence-corrected chi connectivity index (χ2v) is 6.58. The normalized spacial score (nSPS) is 12.4. The molecule has 2 aromatic rings. The Bertz CT molecular complexity index is 586. The lowest BCUT2D eigenvalue weighted by molar-refractivity contribution is 0.574. The van der Waals surface area contributed by atoms with Gasteiger partial charge in [-0.2, -0.15) is 0 Å². The lowest BCUT2D eigenvalue weighted by Crippen LogP contribution is -2.19. The van der Waals surface area contributed by atoms with Crippen LogP contribution in [0.3, 0.4) is 0 Å². The predicted molar refractivity (Wildman–Crippen MR) is 88.6 cm³/mol. The highest BCUT2D eigenvalue weighted by atomic mass is 79.9. The van der Waals surface area contributed by atoms with Crippen LogP contribution < -0.4 is 5.32 Å². The van der Waals surface area contributed by atoms with E-state index < -0.39 is 0 Å². The van der Waals surface area contributed by atoms with Gasteiger partial charge < -0.3 is 5.32 Å². The van der Waals surface area contributed by atoms with Gasteiger partial charge in [0.1, 0.15) is 5.82 Å². The van der Waals surface area contributed by atoms with Crippen molar-refractivity contribution in [2.75, 3.05) is 13.6 Å². The summed E-state index contributed by atoms with van der Waals surface area (Å²) in [4.78, 5) is 0. The molecular weight excluding hydrogens is 385 g/mol. The van der Waals surface area contributed by atoms with Crippen molar-refractivity contribution >= 4 is 31.9 Å². The number of hydrogen-bond donors (Lipinski definition) is 1. The van der Waals surface area contributed by atoms with Crippen LogP contribution in [0.15, 0.2) is 51.4 Å². The van der Waals surface area contributed by atoms with Crippen molar-refractivity contribution in [3.05, 3.63) is 68.4 Å². The number of benzene rings is 2. The van der Waals surface area contributed by atoms with Crippen molar-refractivity contribution in [3.8, 4) is 0 Å². The van der Waals surface area contributed by atoms with Crippen molar-refractivity contribution in [1.82, 2.24) is 5.32 Å². The van der Waals surface area contributed by atoms with Crippen molar-refractivity contribution < 1.29 is 4.39 Å². The fraction of sp³-hybridized carbons (Fsp3) is 0.250. The predicted octanol–water partition coefficient (Wildman–Crippen LogP) is 4.90. The van der Waals surface area contributed by atoms with E-state index in [4.69, 9.17) is 0 Å². The van der Waals surface area contributed by atoms with Crippen LogP contribution in [0.5, 0.6) is 0 Å². The maximum absolute atomic E-state index is 14.0. The molecule has 1 atom stereocenters. The summed E-state index contributed by atoms with van der Waals surface area (Å²) >= 11 is 6.78. The molecule has 20 heavy (non-hydrogen) atoms. The van der Waals surface area contributed by atoms with E-state index in [9.17, 15) is 4.39 Å². The molecule has 0 radical (unpaired) electrons. The van der Waals surface area contributed by atoms with Crippen LogP contribution in [-0.4, -0.2) is 13.6 Å². The number of likely N-dealkylation sites (N-methyl/N-ethyl adjacent to an activating group) is 1. The Morgan fingerprint density at radius 2 is 1.85 bits per heavy atom. The number of halogens is 3. The first kappa shape index (κ1) is 15.7. The molecule has 0 bridgehead atoms. The Hall–Kier alpha value is -0.710. The Kier molecular flexibility index (Phi) is 5.75. The lowest BCUT2D eigenvalue weighted by Gasteiger charge is -2.18. The highest BCUT2D eigenvalue weighted by Gasteiger charge is 2.14. The third-order valence-electron chi connectivity index (χ3n) is 3.25. The van der Waals surface area contributed by atoms with Crippen LogP contribution in [0.2, 0.25) is 0 Å². The zero-order chi connectivity index (χ0) is 14.5. The van der Waals surface area contributed by atoms with Gasteiger partial charge in [-0.05, 0) is 48.9 Å². The van der Waals surface area contributed by atoms with Crippen molar-refractivity contribution in [3.63, 3.8) is 0 Å². The number of nitrogens with one attached hydrogen (secondary N) is 1. The highest BCUT2D eigenvalue weighted by molar-refractivity contribution is 9.10. The van der Waals surface area contributed by atoms with Gasteiger partial charge in [0, 0.05) is 21.4 Å². The maximum atomic E-state index is 14.0. The van der Waals surface area contributed by atoms with Gasteiger partial charge in [-0.25, -0.2) is 4.39 Å². The van der Waals surface area contributed by atoms with E-state index in [0.717, 1.165) is 21.1 Å². The molecule has 0 aliphatic rings. The van der Waals surface area contributed by atoms with E-state index in [0.29, 0.717) is 6.42 Å². The van der Waals surface area contributed by atoms with Gasteiger partial charge in [-0.1, -0.05) is 50.1 Å². The van der Waals surface area contributed by atoms with Gasteiger partial charge in [-0.15, -0.1) is 0 Å². The SMILES string of the molecule is CNCC(Cc1ccc(Br)cc1F)c1cccc(Br)c1. The fourth-order valence-electron chi connectivity index (χ4n) is 2.27. The van der Waals surface area contributed by atoms with Crippen molar-refractivity contribution in [2.45, 2.75) is 12.3 Å². The fourth-order valence-corrected chi connectivity index (χ4v) is 3.02. The van der Waals surface area contributed by atoms with Crippen LogP contribution >= 0.6 is 31.9 Å². The van der Waals surface area contributed by atoms with Crippen molar-refractivity contribution in [2.24, 2.45) is 0 Å². The molecular formula is C16H16Br2FN. The molecule has 0 aliphatic heterocycles. The molecule has 2 rings (SSSR count). The molecule has 0 saturated heterocycles. The first-order valence-corrected chi connectivity index (χ1v) is 8.02. The van der Waals surface area contributed by atoms with E-state index in [1.807, 2.05) is 31.3 Å². The van der Waals surface area contributed by atoms with E-state index >= 15 is 0 Å². The molecule has 0 amide bonds. The van der Waals surface area contributed by atoms with Gasteiger partial charge in [0.25, 0.3) is 0 Å². The second kappa shape index (κ2) is 7.34. The third-order valence-corrected chi connectivity index (χ3v) is 4.24. The Morgan fingerprint density at radius 1 is 1.10 bits per heavy atom. The summed E-state index contributed by atoms with van der Waals surface area (Å²) in [6.07, 6.45) is 0.677. The van der Waals surface area contributed by atoms with Gasteiger partial charge in [0.05, 0.1) is 0 Å². The molecule has 0 heterocycles. The Labute approximate surface area is 135 Å². The minimum atomic E-state index is -0.157. The summed E-state index contributed by atoms with van der Waals surface area (Å²) < 4.78 is 15.8. The first-order valence-electron chi connectivity index (χ1n) is 6.44. The Balaban J connectivity index is 2.25. The van der Waals surface area contributed by atoms with E-state index in [1.165, 1.54) is 11.6 Å². The summed E-state index contributed by atoms with van der Waals surface area (Å²) in [6, 6.07) is 13.4. The molecule has 1 N–H and O–H groups in total. The molecule has 106 valence electrons. The monoisotopic (exact) mass is 399 g/mol. The zero-order valence-electron chi connectivity index (χ0n) is 11.2. The number of rotatable bonds is 5. The van der Waals surface area contributed by atoms with Crippen LogP contribution in [0.1, 0.15) is 17.0 Å². The third kappa shape index (κ3) is 4.14. The maximum Gasteiger partial charge on any atom is 0.127 e.